The third kappa shape index (κ3) is 47.4. The fourth-order valence-corrected chi connectivity index (χ4v) is 23.0. The minimum atomic E-state index is -1.13. The number of rotatable bonds is 54. The van der Waals surface area contributed by atoms with Crippen molar-refractivity contribution in [3.05, 3.63) is 0 Å². The van der Waals surface area contributed by atoms with Crippen LogP contribution in [-0.4, -0.2) is 342 Å². The SMILES string of the molecule is CCCN1CC[C@H](OC(=O)CCC(C)=O)[C@@H]1CC.CCCN1CC[C@H](OP(OCCC#N)N(C(C)C)C(C)C)[C@@H]1CC.CCCN1C[C@@H](CC)[C@@H](OC(=O)CCC(C)=O)C1.CCCN1C[C@@H](CC)[C@@H](OP(OCCC#N)C(N(C)C)N(C)C)C1.CCCN1C[C@@H](CC)[C@H](OC(=O)CCC(C)=O)C1.CCCN1C[C@@H](CC)[C@H](OP(OCCC#N)C(N(C)C)N(C)C)C1. The molecule has 0 aromatic rings. The Morgan fingerprint density at radius 3 is 0.905 bits per heavy atom. The summed E-state index contributed by atoms with van der Waals surface area (Å²) in [5, 5.41) is 26.4. The van der Waals surface area contributed by atoms with Crippen LogP contribution in [0.4, 0.5) is 0 Å². The number of hydrogen-bond acceptors (Lipinski definition) is 29. The normalized spacial score (nSPS) is 23.7. The first-order valence-corrected chi connectivity index (χ1v) is 51.9. The van der Waals surface area contributed by atoms with E-state index in [9.17, 15) is 28.8 Å². The highest BCUT2D eigenvalue weighted by Crippen LogP contribution is 2.52. The molecule has 6 heterocycles. The largest absolute Gasteiger partial charge is 0.461 e. The molecule has 3 unspecified atom stereocenters. The number of nitrogens with zero attached hydrogens (tertiary/aromatic N) is 14. The van der Waals surface area contributed by atoms with Crippen molar-refractivity contribution in [2.75, 3.05) is 181 Å². The van der Waals surface area contributed by atoms with Gasteiger partial charge in [0.15, 0.2) is 0 Å². The van der Waals surface area contributed by atoms with Gasteiger partial charge in [0, 0.05) is 121 Å². The second-order valence-corrected chi connectivity index (χ2v) is 40.5. The van der Waals surface area contributed by atoms with Crippen LogP contribution in [0.3, 0.4) is 0 Å². The van der Waals surface area contributed by atoms with Crippen LogP contribution in [0.2, 0.25) is 0 Å². The van der Waals surface area contributed by atoms with Crippen LogP contribution in [0, 0.1) is 57.7 Å². The second kappa shape index (κ2) is 70.2. The van der Waals surface area contributed by atoms with Crippen molar-refractivity contribution in [2.24, 2.45) is 23.7 Å². The van der Waals surface area contributed by atoms with E-state index in [1.165, 1.54) is 40.0 Å². The zero-order chi connectivity index (χ0) is 95.0. The van der Waals surface area contributed by atoms with Crippen LogP contribution >= 0.6 is 25.3 Å². The Hall–Kier alpha value is -3.50. The lowest BCUT2D eigenvalue weighted by Gasteiger charge is -2.38. The number of ketones is 3. The van der Waals surface area contributed by atoms with E-state index >= 15 is 0 Å². The maximum absolute atomic E-state index is 11.6. The Balaban J connectivity index is 0.000000760. The molecule has 0 bridgehead atoms. The van der Waals surface area contributed by atoms with Crippen molar-refractivity contribution >= 4 is 60.5 Å². The molecule has 6 aliphatic heterocycles. The molecular formula is C94H181N14O15P3. The van der Waals surface area contributed by atoms with E-state index in [2.05, 4.69) is 183 Å². The molecule has 0 aliphatic carbocycles. The van der Waals surface area contributed by atoms with Gasteiger partial charge in [-0.1, -0.05) is 83.1 Å². The van der Waals surface area contributed by atoms with Gasteiger partial charge in [-0.25, -0.2) is 4.67 Å². The molecule has 0 aromatic carbocycles. The van der Waals surface area contributed by atoms with E-state index in [0.29, 0.717) is 106 Å². The summed E-state index contributed by atoms with van der Waals surface area (Å²) < 4.78 is 56.6. The molecule has 0 aromatic heterocycles. The van der Waals surface area contributed by atoms with Crippen LogP contribution in [-0.2, 0) is 70.1 Å². The first-order valence-electron chi connectivity index (χ1n) is 48.3. The minimum Gasteiger partial charge on any atom is -0.461 e. The second-order valence-electron chi connectivity index (χ2n) is 36.1. The van der Waals surface area contributed by atoms with Crippen LogP contribution in [0.5, 0.6) is 0 Å². The van der Waals surface area contributed by atoms with E-state index in [-0.39, 0.29) is 103 Å². The Bertz CT molecular complexity index is 2790. The molecule has 6 rings (SSSR count). The van der Waals surface area contributed by atoms with Crippen molar-refractivity contribution in [3.63, 3.8) is 0 Å². The summed E-state index contributed by atoms with van der Waals surface area (Å²) in [5.74, 6) is 1.60. The molecule has 6 aliphatic rings. The lowest BCUT2D eigenvalue weighted by Crippen LogP contribution is -2.41. The number of likely N-dealkylation sites (tertiary alicyclic amines) is 6. The molecule has 0 spiro atoms. The van der Waals surface area contributed by atoms with Gasteiger partial charge in [-0.15, -0.1) is 0 Å². The molecule has 126 heavy (non-hydrogen) atoms. The van der Waals surface area contributed by atoms with Crippen LogP contribution < -0.4 is 0 Å². The van der Waals surface area contributed by atoms with Gasteiger partial charge in [-0.05, 0) is 246 Å². The maximum Gasteiger partial charge on any atom is 0.306 e. The number of ether oxygens (including phenoxy) is 3. The number of carbonyl (C=O) groups is 6. The van der Waals surface area contributed by atoms with Gasteiger partial charge >= 0.3 is 17.9 Å². The van der Waals surface area contributed by atoms with Gasteiger partial charge in [-0.2, -0.15) is 15.8 Å². The van der Waals surface area contributed by atoms with Gasteiger partial charge in [0.25, 0.3) is 8.53 Å². The summed E-state index contributed by atoms with van der Waals surface area (Å²) in [6.07, 6.45) is 18.8. The molecular weight excluding hydrogens is 1660 g/mol. The molecule has 15 atom stereocenters. The first-order chi connectivity index (χ1) is 60.0. The molecule has 0 N–H and O–H groups in total. The van der Waals surface area contributed by atoms with Crippen molar-refractivity contribution in [2.45, 2.75) is 352 Å². The molecule has 0 amide bonds. The van der Waals surface area contributed by atoms with E-state index in [1.54, 1.807) is 0 Å². The summed E-state index contributed by atoms with van der Waals surface area (Å²) in [6, 6.07) is 8.01. The van der Waals surface area contributed by atoms with Gasteiger partial charge in [-0.3, -0.25) is 53.6 Å². The zero-order valence-corrected chi connectivity index (χ0v) is 86.8. The molecule has 732 valence electrons. The highest BCUT2D eigenvalue weighted by molar-refractivity contribution is 7.48. The predicted octanol–water partition coefficient (Wildman–Crippen LogP) is 16.3. The van der Waals surface area contributed by atoms with Gasteiger partial charge in [0.1, 0.15) is 47.5 Å². The van der Waals surface area contributed by atoms with E-state index < -0.39 is 25.3 Å². The van der Waals surface area contributed by atoms with Gasteiger partial charge in [0.2, 0.25) is 16.8 Å². The van der Waals surface area contributed by atoms with Crippen molar-refractivity contribution < 1.29 is 70.1 Å². The van der Waals surface area contributed by atoms with E-state index in [0.717, 1.165) is 175 Å². The fourth-order valence-electron chi connectivity index (χ4n) is 17.5. The lowest BCUT2D eigenvalue weighted by atomic mass is 10.0. The monoisotopic (exact) mass is 1840 g/mol. The van der Waals surface area contributed by atoms with Crippen LogP contribution in [0.25, 0.3) is 0 Å². The van der Waals surface area contributed by atoms with E-state index in [4.69, 9.17) is 57.1 Å². The quantitative estimate of drug-likeness (QED) is 0.0180. The van der Waals surface area contributed by atoms with Crippen molar-refractivity contribution in [1.82, 2.24) is 53.7 Å². The van der Waals surface area contributed by atoms with Crippen molar-refractivity contribution in [3.8, 4) is 18.2 Å². The predicted molar refractivity (Wildman–Crippen MR) is 511 cm³/mol. The summed E-state index contributed by atoms with van der Waals surface area (Å²) in [4.78, 5) is 90.6. The maximum atomic E-state index is 11.6. The summed E-state index contributed by atoms with van der Waals surface area (Å²) in [5.41, 5.74) is 0. The topological polar surface area (TPSA) is 292 Å². The summed E-state index contributed by atoms with van der Waals surface area (Å²) in [7, 11) is 13.0. The van der Waals surface area contributed by atoms with Crippen LogP contribution in [0.1, 0.15) is 279 Å². The Morgan fingerprint density at radius 2 is 0.635 bits per heavy atom. The number of hydrogen-bond donors (Lipinski definition) is 0. The smallest absolute Gasteiger partial charge is 0.306 e. The highest BCUT2D eigenvalue weighted by Gasteiger charge is 2.43. The number of carbonyl (C=O) groups excluding carboxylic acids is 6. The standard InChI is InChI=1S/C18H36N3O2P.2C17H35N4O2P.3C14H25NO3/c1-7-12-20-13-10-18(17(20)8-2)23-24(22-14-9-11-19)21(15(3)4)16(5)6;2*1-7-11-21-13-15(8-2)16(14-21)23-24(22-12-9-10-18)17(19(3)4)20(5)6;1-4-9-15-10-8-13(12(15)5-2)18-14(17)7-6-11(3)16;2*1-4-8-15-9-12(5-2)13(10-15)18-14(17)7-6-11(3)16/h15-18H,7-10,12-14H2,1-6H3;2*15-17H,7-9,11-14H2,1-6H3;3*12-13H,4-10H2,1-3H3/t17-,18-,24?;15-,16+,24?;15-,16-,24?;12-,13-;12-,13+;12-,13-/m011011/s1. The third-order valence-electron chi connectivity index (χ3n) is 23.5. The molecule has 0 saturated carbocycles. The van der Waals surface area contributed by atoms with Crippen LogP contribution in [0.15, 0.2) is 0 Å². The van der Waals surface area contributed by atoms with E-state index in [1.807, 2.05) is 56.4 Å². The third-order valence-corrected chi connectivity index (χ3v) is 30.1. The number of Topliss-reactive ketones (excluding diaryl/α,β-unsaturated/α-hetero) is 3. The summed E-state index contributed by atoms with van der Waals surface area (Å²) in [6.45, 7) is 57.5. The zero-order valence-electron chi connectivity index (χ0n) is 84.2. The van der Waals surface area contributed by atoms with Gasteiger partial charge in [0.05, 0.1) is 94.9 Å². The van der Waals surface area contributed by atoms with Gasteiger partial charge < -0.3 is 65.5 Å². The lowest BCUT2D eigenvalue weighted by molar-refractivity contribution is -0.151. The molecule has 6 fully saturated rings. The number of nitriles is 3. The molecule has 32 heteroatoms. The Morgan fingerprint density at radius 1 is 0.357 bits per heavy atom. The number of esters is 3. The Kier molecular flexibility index (Phi) is 67.2. The summed E-state index contributed by atoms with van der Waals surface area (Å²) >= 11 is 0. The highest BCUT2D eigenvalue weighted by atomic mass is 31.2. The average molecular weight is 1840 g/mol. The minimum absolute atomic E-state index is 0.0148. The molecule has 6 saturated heterocycles. The van der Waals surface area contributed by atoms with Crippen molar-refractivity contribution in [1.29, 1.82) is 15.8 Å². The molecule has 29 nitrogen and oxygen atoms in total. The average Bonchev–Trinajstić information content (AvgIpc) is 1.67. The first kappa shape index (κ1) is 121. The Labute approximate surface area is 770 Å². The molecule has 0 radical (unpaired) electrons. The fraction of sp³-hybridized carbons (Fsp3) is 0.904.